The largest absolute Gasteiger partial charge is 0.453 e. The molecular weight excluding hydrogens is 272 g/mol. The number of nitrogens with zero attached hydrogens (tertiary/aromatic N) is 2. The van der Waals surface area contributed by atoms with E-state index in [0.717, 1.165) is 38.9 Å². The first-order valence-corrected chi connectivity index (χ1v) is 7.93. The maximum Gasteiger partial charge on any atom is 0.409 e. The highest BCUT2D eigenvalue weighted by molar-refractivity contribution is 5.67. The van der Waals surface area contributed by atoms with E-state index >= 15 is 0 Å². The maximum atomic E-state index is 11.7. The Morgan fingerprint density at radius 3 is 2.43 bits per heavy atom. The van der Waals surface area contributed by atoms with Gasteiger partial charge in [0.05, 0.1) is 7.11 Å². The minimum Gasteiger partial charge on any atom is -0.453 e. The van der Waals surface area contributed by atoms with Crippen molar-refractivity contribution in [3.63, 3.8) is 0 Å². The first-order chi connectivity index (χ1) is 9.91. The molecule has 0 radical (unpaired) electrons. The van der Waals surface area contributed by atoms with Crippen LogP contribution in [0.2, 0.25) is 0 Å². The molecule has 1 saturated carbocycles. The average molecular weight is 300 g/mol. The summed E-state index contributed by atoms with van der Waals surface area (Å²) >= 11 is 0. The molecule has 1 saturated heterocycles. The smallest absolute Gasteiger partial charge is 0.409 e. The summed E-state index contributed by atoms with van der Waals surface area (Å²) in [7, 11) is 1.42. The summed E-state index contributed by atoms with van der Waals surface area (Å²) in [6.07, 6.45) is 3.20. The number of methoxy groups -OCH3 is 1. The number of amides is 1. The third-order valence-corrected chi connectivity index (χ3v) is 4.80. The summed E-state index contributed by atoms with van der Waals surface area (Å²) in [4.78, 5) is 15.9. The van der Waals surface area contributed by atoms with Crippen molar-refractivity contribution < 1.29 is 19.7 Å². The minimum atomic E-state index is -1.48. The van der Waals surface area contributed by atoms with Crippen LogP contribution in [0.4, 0.5) is 4.79 Å². The lowest BCUT2D eigenvalue weighted by molar-refractivity contribution is -0.188. The van der Waals surface area contributed by atoms with E-state index in [1.165, 1.54) is 7.11 Å². The zero-order valence-corrected chi connectivity index (χ0v) is 13.1. The monoisotopic (exact) mass is 300 g/mol. The molecule has 2 aliphatic rings. The molecule has 0 spiro atoms. The molecule has 122 valence electrons. The molecule has 0 aromatic carbocycles. The SMILES string of the molecule is COC(=O)N1CCC(C)CN(C2CCC(O)(O)CC2)CC1. The van der Waals surface area contributed by atoms with Gasteiger partial charge in [-0.1, -0.05) is 6.92 Å². The first kappa shape index (κ1) is 16.5. The van der Waals surface area contributed by atoms with Gasteiger partial charge in [-0.25, -0.2) is 4.79 Å². The van der Waals surface area contributed by atoms with Gasteiger partial charge < -0.3 is 19.8 Å². The maximum absolute atomic E-state index is 11.7. The van der Waals surface area contributed by atoms with E-state index < -0.39 is 5.79 Å². The van der Waals surface area contributed by atoms with Gasteiger partial charge in [0.2, 0.25) is 0 Å². The zero-order valence-electron chi connectivity index (χ0n) is 13.1. The number of carbonyl (C=O) groups excluding carboxylic acids is 1. The molecule has 6 nitrogen and oxygen atoms in total. The van der Waals surface area contributed by atoms with Gasteiger partial charge in [-0.05, 0) is 25.2 Å². The molecular formula is C15H28N2O4. The third-order valence-electron chi connectivity index (χ3n) is 4.80. The van der Waals surface area contributed by atoms with E-state index in [0.29, 0.717) is 31.3 Å². The number of carbonyl (C=O) groups is 1. The van der Waals surface area contributed by atoms with Crippen molar-refractivity contribution >= 4 is 6.09 Å². The summed E-state index contributed by atoms with van der Waals surface area (Å²) < 4.78 is 4.83. The highest BCUT2D eigenvalue weighted by atomic mass is 16.5. The van der Waals surface area contributed by atoms with Gasteiger partial charge in [0, 0.05) is 45.1 Å². The van der Waals surface area contributed by atoms with Gasteiger partial charge in [0.15, 0.2) is 5.79 Å². The number of hydrogen-bond donors (Lipinski definition) is 2. The predicted molar refractivity (Wildman–Crippen MR) is 78.8 cm³/mol. The first-order valence-electron chi connectivity index (χ1n) is 7.93. The molecule has 1 atom stereocenters. The second-order valence-corrected chi connectivity index (χ2v) is 6.56. The lowest BCUT2D eigenvalue weighted by atomic mass is 9.88. The van der Waals surface area contributed by atoms with Crippen molar-refractivity contribution in [3.8, 4) is 0 Å². The summed E-state index contributed by atoms with van der Waals surface area (Å²) in [5.74, 6) is -0.962. The second-order valence-electron chi connectivity index (χ2n) is 6.56. The molecule has 1 heterocycles. The van der Waals surface area contributed by atoms with Crippen LogP contribution in [0.1, 0.15) is 39.0 Å². The Bertz CT molecular complexity index is 352. The van der Waals surface area contributed by atoms with Gasteiger partial charge in [-0.3, -0.25) is 4.90 Å². The van der Waals surface area contributed by atoms with E-state index in [1.807, 2.05) is 0 Å². The van der Waals surface area contributed by atoms with Crippen LogP contribution in [-0.2, 0) is 4.74 Å². The fraction of sp³-hybridized carbons (Fsp3) is 0.933. The van der Waals surface area contributed by atoms with Crippen molar-refractivity contribution in [2.75, 3.05) is 33.3 Å². The van der Waals surface area contributed by atoms with Gasteiger partial charge in [-0.2, -0.15) is 0 Å². The van der Waals surface area contributed by atoms with Crippen molar-refractivity contribution in [2.24, 2.45) is 5.92 Å². The zero-order chi connectivity index (χ0) is 15.5. The molecule has 1 unspecified atom stereocenters. The molecule has 0 aromatic heterocycles. The number of rotatable bonds is 1. The Balaban J connectivity index is 1.94. The molecule has 0 bridgehead atoms. The van der Waals surface area contributed by atoms with Crippen molar-refractivity contribution in [2.45, 2.75) is 50.9 Å². The molecule has 2 rings (SSSR count). The Kier molecular flexibility index (Phi) is 5.46. The Hall–Kier alpha value is -0.850. The second kappa shape index (κ2) is 6.94. The van der Waals surface area contributed by atoms with Crippen molar-refractivity contribution in [1.82, 2.24) is 9.80 Å². The summed E-state index contributed by atoms with van der Waals surface area (Å²) in [5.41, 5.74) is 0. The van der Waals surface area contributed by atoms with Crippen LogP contribution in [0.5, 0.6) is 0 Å². The lowest BCUT2D eigenvalue weighted by Gasteiger charge is -2.41. The van der Waals surface area contributed by atoms with Gasteiger partial charge in [-0.15, -0.1) is 0 Å². The fourth-order valence-electron chi connectivity index (χ4n) is 3.39. The molecule has 0 aromatic rings. The van der Waals surface area contributed by atoms with E-state index in [2.05, 4.69) is 11.8 Å². The van der Waals surface area contributed by atoms with Crippen LogP contribution in [0.15, 0.2) is 0 Å². The van der Waals surface area contributed by atoms with Gasteiger partial charge >= 0.3 is 6.09 Å². The Morgan fingerprint density at radius 1 is 1.14 bits per heavy atom. The summed E-state index contributed by atoms with van der Waals surface area (Å²) in [6.45, 7) is 5.48. The third kappa shape index (κ3) is 4.56. The van der Waals surface area contributed by atoms with Crippen molar-refractivity contribution in [3.05, 3.63) is 0 Å². The highest BCUT2D eigenvalue weighted by Gasteiger charge is 2.34. The molecule has 1 aliphatic carbocycles. The summed E-state index contributed by atoms with van der Waals surface area (Å²) in [5, 5.41) is 19.3. The van der Waals surface area contributed by atoms with Crippen LogP contribution >= 0.6 is 0 Å². The molecule has 6 heteroatoms. The van der Waals surface area contributed by atoms with Gasteiger partial charge in [0.25, 0.3) is 0 Å². The van der Waals surface area contributed by atoms with E-state index in [4.69, 9.17) is 4.74 Å². The quantitative estimate of drug-likeness (QED) is 0.707. The number of hydrogen-bond acceptors (Lipinski definition) is 5. The molecule has 2 N–H and O–H groups in total. The van der Waals surface area contributed by atoms with Crippen LogP contribution in [0, 0.1) is 5.92 Å². The molecule has 21 heavy (non-hydrogen) atoms. The van der Waals surface area contributed by atoms with E-state index in [9.17, 15) is 15.0 Å². The van der Waals surface area contributed by atoms with Gasteiger partial charge in [0.1, 0.15) is 0 Å². The van der Waals surface area contributed by atoms with E-state index in [1.54, 1.807) is 4.90 Å². The predicted octanol–water partition coefficient (Wildman–Crippen LogP) is 1.02. The number of aliphatic hydroxyl groups is 2. The Labute approximate surface area is 126 Å². The number of ether oxygens (including phenoxy) is 1. The van der Waals surface area contributed by atoms with Crippen LogP contribution in [0.3, 0.4) is 0 Å². The Morgan fingerprint density at radius 2 is 1.81 bits per heavy atom. The molecule has 1 amide bonds. The van der Waals surface area contributed by atoms with Crippen LogP contribution in [0.25, 0.3) is 0 Å². The van der Waals surface area contributed by atoms with Crippen LogP contribution < -0.4 is 0 Å². The lowest BCUT2D eigenvalue weighted by Crippen LogP contribution is -2.50. The molecule has 2 fully saturated rings. The van der Waals surface area contributed by atoms with E-state index in [-0.39, 0.29) is 6.09 Å². The minimum absolute atomic E-state index is 0.252. The van der Waals surface area contributed by atoms with Crippen molar-refractivity contribution in [1.29, 1.82) is 0 Å². The standard InChI is InChI=1S/C15H28N2O4/c1-12-5-8-16(14(18)21-2)9-10-17(11-12)13-3-6-15(19,20)7-4-13/h12-13,19-20H,3-11H2,1-2H3. The summed E-state index contributed by atoms with van der Waals surface area (Å²) in [6, 6.07) is 0.387. The topological polar surface area (TPSA) is 73.2 Å². The highest BCUT2D eigenvalue weighted by Crippen LogP contribution is 2.30. The molecule has 1 aliphatic heterocycles. The van der Waals surface area contributed by atoms with Crippen LogP contribution in [-0.4, -0.2) is 71.2 Å². The fourth-order valence-corrected chi connectivity index (χ4v) is 3.39. The average Bonchev–Trinajstić information content (AvgIpc) is 2.43. The normalized spacial score (nSPS) is 28.8.